The van der Waals surface area contributed by atoms with E-state index >= 15 is 0 Å². The number of nitrogens with two attached hydrogens (primary N) is 3. The van der Waals surface area contributed by atoms with Crippen LogP contribution in [0.15, 0.2) is 0 Å². The lowest BCUT2D eigenvalue weighted by molar-refractivity contribution is -0.142. The Morgan fingerprint density at radius 2 is 1.32 bits per heavy atom. The first kappa shape index (κ1) is 27.8. The van der Waals surface area contributed by atoms with Gasteiger partial charge in [-0.15, -0.1) is 0 Å². The predicted octanol–water partition coefficient (Wildman–Crippen LogP) is -2.94. The van der Waals surface area contributed by atoms with Gasteiger partial charge in [-0.3, -0.25) is 28.8 Å². The van der Waals surface area contributed by atoms with E-state index in [0.717, 1.165) is 0 Å². The first-order valence-corrected chi connectivity index (χ1v) is 9.70. The Balaban J connectivity index is 5.42. The van der Waals surface area contributed by atoms with E-state index in [9.17, 15) is 28.8 Å². The fourth-order valence-corrected chi connectivity index (χ4v) is 2.49. The summed E-state index contributed by atoms with van der Waals surface area (Å²) in [7, 11) is 0. The minimum absolute atomic E-state index is 0.0478. The molecule has 5 amide bonds. The molecule has 13 nitrogen and oxygen atoms in total. The molecule has 0 heterocycles. The van der Waals surface area contributed by atoms with E-state index in [1.165, 1.54) is 6.92 Å². The molecule has 0 rings (SSSR count). The maximum absolute atomic E-state index is 12.8. The van der Waals surface area contributed by atoms with Gasteiger partial charge in [-0.25, -0.2) is 0 Å². The lowest BCUT2D eigenvalue weighted by atomic mass is 10.0. The summed E-state index contributed by atoms with van der Waals surface area (Å²) in [5.74, 6) is -5.20. The highest BCUT2D eigenvalue weighted by molar-refractivity contribution is 5.95. The highest BCUT2D eigenvalue weighted by atomic mass is 16.4. The number of amides is 5. The first-order chi connectivity index (χ1) is 14.2. The van der Waals surface area contributed by atoms with E-state index in [1.54, 1.807) is 13.8 Å². The van der Waals surface area contributed by atoms with Crippen LogP contribution in [-0.2, 0) is 28.8 Å². The van der Waals surface area contributed by atoms with Gasteiger partial charge < -0.3 is 38.3 Å². The lowest BCUT2D eigenvalue weighted by Crippen LogP contribution is -2.57. The number of primary amides is 2. The van der Waals surface area contributed by atoms with Crippen LogP contribution in [-0.4, -0.2) is 64.8 Å². The Morgan fingerprint density at radius 1 is 0.806 bits per heavy atom. The molecule has 0 bridgehead atoms. The van der Waals surface area contributed by atoms with Gasteiger partial charge in [-0.1, -0.05) is 13.8 Å². The zero-order valence-corrected chi connectivity index (χ0v) is 17.8. The average molecular weight is 444 g/mol. The molecule has 0 saturated carbocycles. The highest BCUT2D eigenvalue weighted by Crippen LogP contribution is 2.08. The van der Waals surface area contributed by atoms with Crippen LogP contribution in [0.3, 0.4) is 0 Å². The molecule has 0 aromatic carbocycles. The average Bonchev–Trinajstić information content (AvgIpc) is 2.62. The van der Waals surface area contributed by atoms with Crippen molar-refractivity contribution in [2.45, 2.75) is 70.6 Å². The van der Waals surface area contributed by atoms with Gasteiger partial charge in [-0.2, -0.15) is 0 Å². The molecule has 0 spiro atoms. The van der Waals surface area contributed by atoms with Crippen molar-refractivity contribution in [3.05, 3.63) is 0 Å². The Morgan fingerprint density at radius 3 is 1.77 bits per heavy atom. The van der Waals surface area contributed by atoms with Crippen LogP contribution in [0.25, 0.3) is 0 Å². The standard InChI is InChI=1S/C18H32N6O7/c1-8(2)6-12(24-15(27)10(19)7-14(21)26)17(29)23-11(4-5-13(20)25)16(28)22-9(3)18(30)31/h8-12H,4-7,19H2,1-3H3,(H2,20,25)(H2,21,26)(H,22,28)(H,23,29)(H,24,27)(H,30,31). The third kappa shape index (κ3) is 11.5. The van der Waals surface area contributed by atoms with Gasteiger partial charge in [0.2, 0.25) is 29.5 Å². The van der Waals surface area contributed by atoms with Crippen molar-refractivity contribution in [3.63, 3.8) is 0 Å². The Bertz CT molecular complexity index is 697. The summed E-state index contributed by atoms with van der Waals surface area (Å²) in [4.78, 5) is 70.4. The molecular weight excluding hydrogens is 412 g/mol. The maximum atomic E-state index is 12.8. The molecule has 0 aliphatic carbocycles. The summed E-state index contributed by atoms with van der Waals surface area (Å²) in [5.41, 5.74) is 15.7. The van der Waals surface area contributed by atoms with Crippen molar-refractivity contribution in [3.8, 4) is 0 Å². The second-order valence-electron chi connectivity index (χ2n) is 7.60. The number of carboxylic acids is 1. The minimum Gasteiger partial charge on any atom is -0.480 e. The predicted molar refractivity (Wildman–Crippen MR) is 109 cm³/mol. The van der Waals surface area contributed by atoms with E-state index in [2.05, 4.69) is 16.0 Å². The SMILES string of the molecule is CC(C)CC(NC(=O)C(N)CC(N)=O)C(=O)NC(CCC(N)=O)C(=O)NC(C)C(=O)O. The van der Waals surface area contributed by atoms with Crippen LogP contribution >= 0.6 is 0 Å². The second-order valence-corrected chi connectivity index (χ2v) is 7.60. The molecule has 0 aromatic heterocycles. The number of rotatable bonds is 14. The van der Waals surface area contributed by atoms with Gasteiger partial charge in [-0.05, 0) is 25.7 Å². The van der Waals surface area contributed by atoms with E-state index < -0.39 is 66.1 Å². The third-order valence-electron chi connectivity index (χ3n) is 4.14. The molecule has 0 aliphatic rings. The van der Waals surface area contributed by atoms with Crippen LogP contribution in [0.5, 0.6) is 0 Å². The van der Waals surface area contributed by atoms with Crippen molar-refractivity contribution in [2.24, 2.45) is 23.1 Å². The van der Waals surface area contributed by atoms with Gasteiger partial charge >= 0.3 is 5.97 Å². The normalized spacial score (nSPS) is 14.6. The van der Waals surface area contributed by atoms with Gasteiger partial charge in [0.15, 0.2) is 0 Å². The Kier molecular flexibility index (Phi) is 11.8. The molecule has 13 heteroatoms. The number of hydrogen-bond donors (Lipinski definition) is 7. The fraction of sp³-hybridized carbons (Fsp3) is 0.667. The quantitative estimate of drug-likeness (QED) is 0.146. The number of nitrogens with one attached hydrogen (secondary N) is 3. The van der Waals surface area contributed by atoms with Crippen LogP contribution in [0, 0.1) is 5.92 Å². The molecule has 4 atom stereocenters. The number of carboxylic acid groups (broad SMARTS) is 1. The molecule has 0 aromatic rings. The molecule has 0 fully saturated rings. The smallest absolute Gasteiger partial charge is 0.325 e. The van der Waals surface area contributed by atoms with E-state index in [0.29, 0.717) is 0 Å². The van der Waals surface area contributed by atoms with Gasteiger partial charge in [0.05, 0.1) is 12.5 Å². The molecule has 0 radical (unpaired) electrons. The number of aliphatic carboxylic acids is 1. The van der Waals surface area contributed by atoms with Crippen molar-refractivity contribution >= 4 is 35.5 Å². The highest BCUT2D eigenvalue weighted by Gasteiger charge is 2.30. The van der Waals surface area contributed by atoms with Gasteiger partial charge in [0.1, 0.15) is 18.1 Å². The third-order valence-corrected chi connectivity index (χ3v) is 4.14. The van der Waals surface area contributed by atoms with Crippen molar-refractivity contribution in [2.75, 3.05) is 0 Å². The zero-order chi connectivity index (χ0) is 24.3. The molecule has 0 aliphatic heterocycles. The van der Waals surface area contributed by atoms with E-state index in [1.807, 2.05) is 0 Å². The fourth-order valence-electron chi connectivity index (χ4n) is 2.49. The summed E-state index contributed by atoms with van der Waals surface area (Å²) in [6, 6.07) is -4.87. The Hall–Kier alpha value is -3.22. The van der Waals surface area contributed by atoms with Crippen molar-refractivity contribution < 1.29 is 33.9 Å². The second kappa shape index (κ2) is 13.2. The van der Waals surface area contributed by atoms with Crippen molar-refractivity contribution in [1.82, 2.24) is 16.0 Å². The van der Waals surface area contributed by atoms with Crippen LogP contribution < -0.4 is 33.2 Å². The maximum Gasteiger partial charge on any atom is 0.325 e. The van der Waals surface area contributed by atoms with Gasteiger partial charge in [0, 0.05) is 6.42 Å². The molecule has 0 saturated heterocycles. The van der Waals surface area contributed by atoms with Crippen LogP contribution in [0.1, 0.15) is 46.5 Å². The molecule has 176 valence electrons. The van der Waals surface area contributed by atoms with Crippen LogP contribution in [0.2, 0.25) is 0 Å². The zero-order valence-electron chi connectivity index (χ0n) is 17.8. The summed E-state index contributed by atoms with van der Waals surface area (Å²) < 4.78 is 0. The Labute approximate surface area is 179 Å². The van der Waals surface area contributed by atoms with Crippen LogP contribution in [0.4, 0.5) is 0 Å². The van der Waals surface area contributed by atoms with Gasteiger partial charge in [0.25, 0.3) is 0 Å². The minimum atomic E-state index is -1.29. The number of hydrogen-bond acceptors (Lipinski definition) is 7. The number of carbonyl (C=O) groups excluding carboxylic acids is 5. The van der Waals surface area contributed by atoms with E-state index in [4.69, 9.17) is 22.3 Å². The molecule has 4 unspecified atom stereocenters. The molecule has 31 heavy (non-hydrogen) atoms. The van der Waals surface area contributed by atoms with Crippen molar-refractivity contribution in [1.29, 1.82) is 0 Å². The molecule has 10 N–H and O–H groups in total. The summed E-state index contributed by atoms with van der Waals surface area (Å²) in [6.07, 6.45) is -0.664. The lowest BCUT2D eigenvalue weighted by Gasteiger charge is -2.25. The number of carbonyl (C=O) groups is 6. The first-order valence-electron chi connectivity index (χ1n) is 9.70. The monoisotopic (exact) mass is 444 g/mol. The van der Waals surface area contributed by atoms with E-state index in [-0.39, 0.29) is 25.2 Å². The largest absolute Gasteiger partial charge is 0.480 e. The summed E-state index contributed by atoms with van der Waals surface area (Å²) >= 11 is 0. The topological polar surface area (TPSA) is 237 Å². The molecular formula is C18H32N6O7. The summed E-state index contributed by atoms with van der Waals surface area (Å²) in [5, 5.41) is 16.0. The summed E-state index contributed by atoms with van der Waals surface area (Å²) in [6.45, 7) is 4.82.